The molecule has 0 saturated carbocycles. The Labute approximate surface area is 194 Å². The molecule has 32 heavy (non-hydrogen) atoms. The molecule has 1 aromatic carbocycles. The van der Waals surface area contributed by atoms with Crippen LogP contribution in [0.4, 0.5) is 11.5 Å². The molecule has 0 unspecified atom stereocenters. The lowest BCUT2D eigenvalue weighted by Crippen LogP contribution is -2.16. The number of carbonyl (C=O) groups excluding carboxylic acids is 1. The summed E-state index contributed by atoms with van der Waals surface area (Å²) in [5, 5.41) is 25.8. The van der Waals surface area contributed by atoms with E-state index >= 15 is 0 Å². The second-order valence-corrected chi connectivity index (χ2v) is 8.15. The summed E-state index contributed by atoms with van der Waals surface area (Å²) >= 11 is 9.64. The molecule has 11 nitrogen and oxygen atoms in total. The van der Waals surface area contributed by atoms with E-state index in [2.05, 4.69) is 36.6 Å². The molecule has 0 aliphatic carbocycles. The molecule has 0 fully saturated rings. The lowest BCUT2D eigenvalue weighted by atomic mass is 10.2. The molecule has 0 spiro atoms. The number of hydrogen-bond acceptors (Lipinski definition) is 7. The van der Waals surface area contributed by atoms with Crippen molar-refractivity contribution in [1.82, 2.24) is 24.7 Å². The zero-order valence-electron chi connectivity index (χ0n) is 16.5. The van der Waals surface area contributed by atoms with Crippen LogP contribution in [0.5, 0.6) is 0 Å². The number of benzene rings is 1. The predicted octanol–water partition coefficient (Wildman–Crippen LogP) is 4.05. The maximum Gasteiger partial charge on any atom is 0.307 e. The zero-order chi connectivity index (χ0) is 22.8. The van der Waals surface area contributed by atoms with Gasteiger partial charge in [0.15, 0.2) is 11.5 Å². The van der Waals surface area contributed by atoms with Gasteiger partial charge in [-0.25, -0.2) is 0 Å². The summed E-state index contributed by atoms with van der Waals surface area (Å²) in [5.41, 5.74) is 1.30. The number of nitrogens with zero attached hydrogens (tertiary/aromatic N) is 6. The number of amides is 1. The second-order valence-electron chi connectivity index (χ2n) is 6.82. The van der Waals surface area contributed by atoms with Crippen molar-refractivity contribution >= 4 is 44.9 Å². The SMILES string of the molecule is Cc1onc(C(=O)Nc2nn(Cc3ccc(Br)cc3)cc2Cl)c1Cn1cc([N+](=O)[O-])cn1. The predicted molar refractivity (Wildman–Crippen MR) is 118 cm³/mol. The molecule has 3 heterocycles. The fourth-order valence-corrected chi connectivity index (χ4v) is 3.42. The monoisotopic (exact) mass is 519 g/mol. The van der Waals surface area contributed by atoms with E-state index < -0.39 is 10.8 Å². The van der Waals surface area contributed by atoms with E-state index in [-0.39, 0.29) is 28.8 Å². The highest BCUT2D eigenvalue weighted by atomic mass is 79.9. The first-order valence-corrected chi connectivity index (χ1v) is 10.4. The van der Waals surface area contributed by atoms with Gasteiger partial charge in [-0.05, 0) is 24.6 Å². The number of aryl methyl sites for hydroxylation is 1. The molecular weight excluding hydrogens is 506 g/mol. The summed E-state index contributed by atoms with van der Waals surface area (Å²) in [6, 6.07) is 7.74. The Bertz CT molecular complexity index is 1300. The van der Waals surface area contributed by atoms with Crippen LogP contribution < -0.4 is 5.32 Å². The molecule has 4 rings (SSSR count). The van der Waals surface area contributed by atoms with Crippen molar-refractivity contribution in [3.05, 3.63) is 85.0 Å². The van der Waals surface area contributed by atoms with Crippen molar-refractivity contribution in [2.24, 2.45) is 0 Å². The van der Waals surface area contributed by atoms with Gasteiger partial charge < -0.3 is 9.84 Å². The molecule has 13 heteroatoms. The van der Waals surface area contributed by atoms with Gasteiger partial charge in [0.2, 0.25) is 0 Å². The molecule has 1 N–H and O–H groups in total. The highest BCUT2D eigenvalue weighted by molar-refractivity contribution is 9.10. The number of halogens is 2. The molecule has 164 valence electrons. The maximum absolute atomic E-state index is 12.8. The average Bonchev–Trinajstić information content (AvgIpc) is 3.45. The first-order chi connectivity index (χ1) is 15.3. The van der Waals surface area contributed by atoms with Crippen molar-refractivity contribution in [2.45, 2.75) is 20.0 Å². The van der Waals surface area contributed by atoms with Gasteiger partial charge in [-0.2, -0.15) is 10.2 Å². The molecule has 0 bridgehead atoms. The summed E-state index contributed by atoms with van der Waals surface area (Å²) < 4.78 is 9.06. The molecule has 0 radical (unpaired) electrons. The third-order valence-electron chi connectivity index (χ3n) is 4.56. The largest absolute Gasteiger partial charge is 0.361 e. The van der Waals surface area contributed by atoms with Crippen LogP contribution in [0.3, 0.4) is 0 Å². The molecule has 3 aromatic heterocycles. The van der Waals surface area contributed by atoms with E-state index in [9.17, 15) is 14.9 Å². The van der Waals surface area contributed by atoms with Gasteiger partial charge in [0.1, 0.15) is 23.2 Å². The maximum atomic E-state index is 12.8. The van der Waals surface area contributed by atoms with E-state index in [4.69, 9.17) is 16.1 Å². The fraction of sp³-hybridized carbons (Fsp3) is 0.158. The Kier molecular flexibility index (Phi) is 6.06. The Morgan fingerprint density at radius 1 is 1.25 bits per heavy atom. The first-order valence-electron chi connectivity index (χ1n) is 9.21. The average molecular weight is 521 g/mol. The van der Waals surface area contributed by atoms with Gasteiger partial charge in [-0.1, -0.05) is 44.8 Å². The smallest absolute Gasteiger partial charge is 0.307 e. The molecule has 4 aromatic rings. The Morgan fingerprint density at radius 2 is 2.00 bits per heavy atom. The molecular formula is C19H15BrClN7O4. The lowest BCUT2D eigenvalue weighted by molar-refractivity contribution is -0.385. The summed E-state index contributed by atoms with van der Waals surface area (Å²) in [6.07, 6.45) is 3.99. The number of hydrogen-bond donors (Lipinski definition) is 1. The third kappa shape index (κ3) is 4.70. The number of nitrogens with one attached hydrogen (secondary N) is 1. The van der Waals surface area contributed by atoms with Gasteiger partial charge in [0.25, 0.3) is 5.91 Å². The van der Waals surface area contributed by atoms with E-state index in [1.165, 1.54) is 10.9 Å². The first kappa shape index (κ1) is 21.7. The van der Waals surface area contributed by atoms with Crippen molar-refractivity contribution in [3.63, 3.8) is 0 Å². The number of carbonyl (C=O) groups is 1. The number of aromatic nitrogens is 5. The topological polar surface area (TPSA) is 134 Å². The van der Waals surface area contributed by atoms with Gasteiger partial charge >= 0.3 is 5.69 Å². The lowest BCUT2D eigenvalue weighted by Gasteiger charge is -2.04. The van der Waals surface area contributed by atoms with Gasteiger partial charge in [0.05, 0.1) is 18.0 Å². The van der Waals surface area contributed by atoms with Crippen molar-refractivity contribution in [3.8, 4) is 0 Å². The molecule has 0 aliphatic rings. The van der Waals surface area contributed by atoms with Crippen molar-refractivity contribution in [2.75, 3.05) is 5.32 Å². The molecule has 0 aliphatic heterocycles. The van der Waals surface area contributed by atoms with Crippen LogP contribution in [0.2, 0.25) is 5.02 Å². The Balaban J connectivity index is 1.50. The minimum atomic E-state index is -0.575. The van der Waals surface area contributed by atoms with E-state index in [0.29, 0.717) is 17.9 Å². The summed E-state index contributed by atoms with van der Waals surface area (Å²) in [7, 11) is 0. The standard InChI is InChI=1S/C19H15BrClN7O4/c1-11-15(9-26-8-14(6-22-26)28(30)31)17(25-32-11)19(29)23-18-16(21)10-27(24-18)7-12-2-4-13(20)5-3-12/h2-6,8,10H,7,9H2,1H3,(H,23,24,29). The van der Waals surface area contributed by atoms with Crippen LogP contribution in [0, 0.1) is 17.0 Å². The minimum Gasteiger partial charge on any atom is -0.361 e. The van der Waals surface area contributed by atoms with Gasteiger partial charge in [-0.3, -0.25) is 24.3 Å². The van der Waals surface area contributed by atoms with E-state index in [1.807, 2.05) is 24.3 Å². The molecule has 0 saturated heterocycles. The van der Waals surface area contributed by atoms with Crippen LogP contribution in [0.15, 0.2) is 51.9 Å². The van der Waals surface area contributed by atoms with Crippen molar-refractivity contribution in [1.29, 1.82) is 0 Å². The minimum absolute atomic E-state index is 0.0131. The number of rotatable bonds is 7. The Morgan fingerprint density at radius 3 is 2.69 bits per heavy atom. The van der Waals surface area contributed by atoms with Crippen molar-refractivity contribution < 1.29 is 14.2 Å². The van der Waals surface area contributed by atoms with Gasteiger partial charge in [-0.15, -0.1) is 0 Å². The normalized spacial score (nSPS) is 11.0. The summed E-state index contributed by atoms with van der Waals surface area (Å²) in [5.74, 6) is -0.00965. The second kappa shape index (κ2) is 8.93. The Hall–Kier alpha value is -3.51. The van der Waals surface area contributed by atoms with E-state index in [1.54, 1.807) is 17.8 Å². The highest BCUT2D eigenvalue weighted by Crippen LogP contribution is 2.23. The summed E-state index contributed by atoms with van der Waals surface area (Å²) in [6.45, 7) is 2.17. The highest BCUT2D eigenvalue weighted by Gasteiger charge is 2.23. The van der Waals surface area contributed by atoms with Crippen LogP contribution in [0.25, 0.3) is 0 Å². The van der Waals surface area contributed by atoms with Gasteiger partial charge in [0, 0.05) is 16.2 Å². The van der Waals surface area contributed by atoms with Crippen LogP contribution in [0.1, 0.15) is 27.4 Å². The molecule has 1 amide bonds. The van der Waals surface area contributed by atoms with Crippen LogP contribution >= 0.6 is 27.5 Å². The third-order valence-corrected chi connectivity index (χ3v) is 5.36. The van der Waals surface area contributed by atoms with E-state index in [0.717, 1.165) is 16.2 Å². The quantitative estimate of drug-likeness (QED) is 0.287. The van der Waals surface area contributed by atoms with Crippen LogP contribution in [-0.2, 0) is 13.1 Å². The fourth-order valence-electron chi connectivity index (χ4n) is 2.96. The zero-order valence-corrected chi connectivity index (χ0v) is 18.9. The number of anilines is 1. The summed E-state index contributed by atoms with van der Waals surface area (Å²) in [4.78, 5) is 23.1. The number of nitro groups is 1. The van der Waals surface area contributed by atoms with Crippen LogP contribution in [-0.4, -0.2) is 35.5 Å². The molecule has 0 atom stereocenters.